The van der Waals surface area contributed by atoms with Crippen molar-refractivity contribution in [3.63, 3.8) is 0 Å². The quantitative estimate of drug-likeness (QED) is 0.858. The Morgan fingerprint density at radius 2 is 1.26 bits per heavy atom. The maximum atomic E-state index is 12.4. The normalized spacial score (nSPS) is 19.7. The molecule has 1 aliphatic heterocycles. The molecule has 1 saturated heterocycles. The van der Waals surface area contributed by atoms with Gasteiger partial charge in [0.15, 0.2) is 0 Å². The van der Waals surface area contributed by atoms with Crippen molar-refractivity contribution in [2.45, 2.75) is 60.7 Å². The van der Waals surface area contributed by atoms with Gasteiger partial charge in [-0.2, -0.15) is 0 Å². The molecule has 3 rings (SSSR count). The molecule has 2 aromatic rings. The number of carboxylic acids is 1. The second-order valence-electron chi connectivity index (χ2n) is 8.12. The molecular weight excluding hydrogens is 336 g/mol. The van der Waals surface area contributed by atoms with E-state index in [0.717, 1.165) is 33.6 Å². The lowest BCUT2D eigenvalue weighted by atomic mass is 10.0. The zero-order valence-electron chi connectivity index (χ0n) is 17.4. The molecule has 0 bridgehead atoms. The lowest BCUT2D eigenvalue weighted by Gasteiger charge is -2.34. The van der Waals surface area contributed by atoms with E-state index in [1.807, 2.05) is 0 Å². The molecule has 2 atom stereocenters. The summed E-state index contributed by atoms with van der Waals surface area (Å²) in [6.45, 7) is 15.3. The minimum absolute atomic E-state index is 0.103. The third-order valence-electron chi connectivity index (χ3n) is 5.53. The zero-order chi connectivity index (χ0) is 20.0. The van der Waals surface area contributed by atoms with Crippen LogP contribution in [0.2, 0.25) is 0 Å². The molecule has 2 aromatic carbocycles. The topological polar surface area (TPSA) is 43.8 Å². The van der Waals surface area contributed by atoms with Crippen molar-refractivity contribution in [2.75, 3.05) is 16.3 Å². The maximum absolute atomic E-state index is 12.4. The van der Waals surface area contributed by atoms with Crippen LogP contribution in [0.15, 0.2) is 24.3 Å². The minimum atomic E-state index is -0.807. The molecule has 4 heteroatoms. The van der Waals surface area contributed by atoms with Crippen LogP contribution < -0.4 is 9.80 Å². The van der Waals surface area contributed by atoms with Crippen LogP contribution in [-0.4, -0.2) is 29.8 Å². The minimum Gasteiger partial charge on any atom is -0.478 e. The Morgan fingerprint density at radius 1 is 0.852 bits per heavy atom. The molecule has 1 heterocycles. The second-order valence-corrected chi connectivity index (χ2v) is 8.12. The van der Waals surface area contributed by atoms with E-state index < -0.39 is 12.1 Å². The number of nitrogens with zero attached hydrogens (tertiary/aromatic N) is 2. The van der Waals surface area contributed by atoms with Gasteiger partial charge < -0.3 is 14.9 Å². The van der Waals surface area contributed by atoms with Crippen molar-refractivity contribution in [3.8, 4) is 0 Å². The van der Waals surface area contributed by atoms with Crippen LogP contribution in [0.5, 0.6) is 0 Å². The van der Waals surface area contributed by atoms with Crippen molar-refractivity contribution in [2.24, 2.45) is 0 Å². The highest BCUT2D eigenvalue weighted by Gasteiger charge is 2.44. The van der Waals surface area contributed by atoms with Crippen LogP contribution in [0.3, 0.4) is 0 Å². The second kappa shape index (κ2) is 6.91. The van der Waals surface area contributed by atoms with E-state index in [9.17, 15) is 9.90 Å². The van der Waals surface area contributed by atoms with Gasteiger partial charge in [0.05, 0.1) is 0 Å². The molecule has 4 nitrogen and oxygen atoms in total. The third kappa shape index (κ3) is 3.29. The van der Waals surface area contributed by atoms with Gasteiger partial charge in [0, 0.05) is 24.0 Å². The highest BCUT2D eigenvalue weighted by atomic mass is 16.4. The Morgan fingerprint density at radius 3 is 1.67 bits per heavy atom. The first-order valence-corrected chi connectivity index (χ1v) is 9.55. The summed E-state index contributed by atoms with van der Waals surface area (Å²) in [5.74, 6) is -0.807. The standard InChI is InChI=1S/C23H30N2O2/c1-13-8-15(3)20(16(4)9-13)24-12-19(7)25(22(24)23(26)27)21-17(5)10-14(2)11-18(21)6/h8-11,19,22H,12H2,1-7H3,(H,26,27). The van der Waals surface area contributed by atoms with Gasteiger partial charge in [0.1, 0.15) is 0 Å². The third-order valence-corrected chi connectivity index (χ3v) is 5.53. The molecular formula is C23H30N2O2. The van der Waals surface area contributed by atoms with Gasteiger partial charge in [-0.1, -0.05) is 35.4 Å². The predicted octanol–water partition coefficient (Wildman–Crippen LogP) is 4.66. The van der Waals surface area contributed by atoms with E-state index in [2.05, 4.69) is 82.5 Å². The number of aryl methyl sites for hydroxylation is 6. The molecule has 0 spiro atoms. The van der Waals surface area contributed by atoms with Crippen molar-refractivity contribution in [3.05, 3.63) is 57.6 Å². The Labute approximate surface area is 162 Å². The van der Waals surface area contributed by atoms with E-state index in [0.29, 0.717) is 6.54 Å². The Balaban J connectivity index is 2.16. The van der Waals surface area contributed by atoms with Crippen molar-refractivity contribution >= 4 is 17.3 Å². The SMILES string of the molecule is Cc1cc(C)c(N2CC(C)N(c3c(C)cc(C)cc3C)C2C(=O)O)c(C)c1. The summed E-state index contributed by atoms with van der Waals surface area (Å²) in [6.07, 6.45) is -0.708. The molecule has 1 N–H and O–H groups in total. The fraction of sp³-hybridized carbons (Fsp3) is 0.435. The molecule has 0 amide bonds. The first-order valence-electron chi connectivity index (χ1n) is 9.55. The lowest BCUT2D eigenvalue weighted by Crippen LogP contribution is -2.47. The fourth-order valence-corrected chi connectivity index (χ4v) is 4.88. The van der Waals surface area contributed by atoms with Gasteiger partial charge in [0.25, 0.3) is 0 Å². The molecule has 0 radical (unpaired) electrons. The average molecular weight is 367 g/mol. The zero-order valence-corrected chi connectivity index (χ0v) is 17.4. The van der Waals surface area contributed by atoms with Gasteiger partial charge in [0.2, 0.25) is 6.17 Å². The van der Waals surface area contributed by atoms with E-state index in [4.69, 9.17) is 0 Å². The Kier molecular flexibility index (Phi) is 4.94. The van der Waals surface area contributed by atoms with Gasteiger partial charge in [-0.15, -0.1) is 0 Å². The number of benzene rings is 2. The van der Waals surface area contributed by atoms with Gasteiger partial charge in [-0.25, -0.2) is 4.79 Å². The number of hydrogen-bond acceptors (Lipinski definition) is 3. The molecule has 27 heavy (non-hydrogen) atoms. The predicted molar refractivity (Wildman–Crippen MR) is 112 cm³/mol. The van der Waals surface area contributed by atoms with Gasteiger partial charge in [-0.05, 0) is 70.7 Å². The number of hydrogen-bond donors (Lipinski definition) is 1. The molecule has 1 fully saturated rings. The smallest absolute Gasteiger partial charge is 0.347 e. The number of carboxylic acid groups (broad SMARTS) is 1. The summed E-state index contributed by atoms with van der Waals surface area (Å²) in [7, 11) is 0. The summed E-state index contributed by atoms with van der Waals surface area (Å²) < 4.78 is 0. The number of aliphatic carboxylic acids is 1. The molecule has 1 aliphatic rings. The Hall–Kier alpha value is -2.49. The summed E-state index contributed by atoms with van der Waals surface area (Å²) >= 11 is 0. The number of anilines is 2. The van der Waals surface area contributed by atoms with Crippen LogP contribution in [-0.2, 0) is 4.79 Å². The fourth-order valence-electron chi connectivity index (χ4n) is 4.88. The number of rotatable bonds is 3. The summed E-state index contributed by atoms with van der Waals surface area (Å²) in [4.78, 5) is 16.6. The number of carbonyl (C=O) groups is 1. The van der Waals surface area contributed by atoms with E-state index >= 15 is 0 Å². The van der Waals surface area contributed by atoms with Crippen molar-refractivity contribution < 1.29 is 9.90 Å². The summed E-state index contributed by atoms with van der Waals surface area (Å²) in [6, 6.07) is 8.65. The van der Waals surface area contributed by atoms with E-state index in [-0.39, 0.29) is 6.04 Å². The highest BCUT2D eigenvalue weighted by molar-refractivity contribution is 5.86. The van der Waals surface area contributed by atoms with E-state index in [1.165, 1.54) is 11.1 Å². The summed E-state index contributed by atoms with van der Waals surface area (Å²) in [5, 5.41) is 10.2. The van der Waals surface area contributed by atoms with Crippen LogP contribution in [0.1, 0.15) is 40.3 Å². The largest absolute Gasteiger partial charge is 0.478 e. The maximum Gasteiger partial charge on any atom is 0.347 e. The molecule has 2 unspecified atom stereocenters. The average Bonchev–Trinajstić information content (AvgIpc) is 2.82. The van der Waals surface area contributed by atoms with E-state index in [1.54, 1.807) is 0 Å². The monoisotopic (exact) mass is 366 g/mol. The first-order chi connectivity index (χ1) is 12.6. The van der Waals surface area contributed by atoms with Crippen molar-refractivity contribution in [1.29, 1.82) is 0 Å². The van der Waals surface area contributed by atoms with Crippen LogP contribution in [0.25, 0.3) is 0 Å². The molecule has 0 aliphatic carbocycles. The van der Waals surface area contributed by atoms with Crippen LogP contribution in [0, 0.1) is 41.5 Å². The first kappa shape index (κ1) is 19.3. The molecule has 144 valence electrons. The van der Waals surface area contributed by atoms with Crippen LogP contribution >= 0.6 is 0 Å². The Bertz CT molecular complexity index is 857. The van der Waals surface area contributed by atoms with Crippen molar-refractivity contribution in [1.82, 2.24) is 0 Å². The highest BCUT2D eigenvalue weighted by Crippen LogP contribution is 2.38. The summed E-state index contributed by atoms with van der Waals surface area (Å²) in [5.41, 5.74) is 9.02. The van der Waals surface area contributed by atoms with Gasteiger partial charge in [-0.3, -0.25) is 0 Å². The lowest BCUT2D eigenvalue weighted by molar-refractivity contribution is -0.138. The molecule has 0 aromatic heterocycles. The van der Waals surface area contributed by atoms with Gasteiger partial charge >= 0.3 is 5.97 Å². The van der Waals surface area contributed by atoms with Crippen LogP contribution in [0.4, 0.5) is 11.4 Å². The molecule has 0 saturated carbocycles.